The Kier molecular flexibility index (Phi) is 6.03. The zero-order valence-corrected chi connectivity index (χ0v) is 16.2. The smallest absolute Gasteiger partial charge is 0.306 e. The van der Waals surface area contributed by atoms with Gasteiger partial charge in [-0.3, -0.25) is 9.59 Å². The van der Waals surface area contributed by atoms with Crippen LogP contribution in [0, 0.1) is 19.8 Å². The number of ether oxygens (including phenoxy) is 1. The van der Waals surface area contributed by atoms with Crippen LogP contribution in [0.4, 0.5) is 0 Å². The summed E-state index contributed by atoms with van der Waals surface area (Å²) < 4.78 is 6.79. The summed E-state index contributed by atoms with van der Waals surface area (Å²) in [6.07, 6.45) is 6.40. The molecule has 3 rings (SSSR count). The zero-order valence-electron chi connectivity index (χ0n) is 16.2. The molecule has 2 aromatic rings. The molecule has 1 fully saturated rings. The van der Waals surface area contributed by atoms with Crippen LogP contribution in [-0.4, -0.2) is 44.1 Å². The molecule has 1 aliphatic rings. The number of fused-ring (bicyclic) bond motifs is 1. The third-order valence-corrected chi connectivity index (χ3v) is 5.31. The first-order valence-electron chi connectivity index (χ1n) is 9.55. The Labute approximate surface area is 158 Å². The zero-order chi connectivity index (χ0) is 19.4. The third kappa shape index (κ3) is 4.81. The van der Waals surface area contributed by atoms with Gasteiger partial charge in [0.1, 0.15) is 6.33 Å². The molecule has 0 aromatic carbocycles. The predicted octanol–water partition coefficient (Wildman–Crippen LogP) is 1.91. The Balaban J connectivity index is 1.45. The van der Waals surface area contributed by atoms with Gasteiger partial charge < -0.3 is 10.1 Å². The van der Waals surface area contributed by atoms with Gasteiger partial charge in [-0.2, -0.15) is 10.1 Å². The van der Waals surface area contributed by atoms with Gasteiger partial charge in [0.05, 0.1) is 0 Å². The summed E-state index contributed by atoms with van der Waals surface area (Å²) in [6, 6.07) is 0.207. The largest absolute Gasteiger partial charge is 0.456 e. The van der Waals surface area contributed by atoms with Crippen LogP contribution in [-0.2, 0) is 20.7 Å². The SMILES string of the molecule is Cc1nc2ncnn2c(C)c1CCC(=O)OCC(=O)NC1CCC(C)CC1. The molecule has 0 radical (unpaired) electrons. The minimum absolute atomic E-state index is 0.192. The highest BCUT2D eigenvalue weighted by molar-refractivity contribution is 5.80. The number of carbonyl (C=O) groups excluding carboxylic acids is 2. The number of nitrogens with zero attached hydrogens (tertiary/aromatic N) is 4. The van der Waals surface area contributed by atoms with Crippen molar-refractivity contribution < 1.29 is 14.3 Å². The second-order valence-corrected chi connectivity index (χ2v) is 7.42. The topological polar surface area (TPSA) is 98.5 Å². The Hall–Kier alpha value is -2.51. The number of aryl methyl sites for hydroxylation is 2. The second-order valence-electron chi connectivity index (χ2n) is 7.42. The van der Waals surface area contributed by atoms with Crippen LogP contribution in [0.25, 0.3) is 5.78 Å². The minimum atomic E-state index is -0.389. The molecule has 0 unspecified atom stereocenters. The minimum Gasteiger partial charge on any atom is -0.456 e. The van der Waals surface area contributed by atoms with Crippen molar-refractivity contribution >= 4 is 17.7 Å². The fraction of sp³-hybridized carbons (Fsp3) is 0.632. The molecule has 146 valence electrons. The fourth-order valence-electron chi connectivity index (χ4n) is 3.64. The van der Waals surface area contributed by atoms with Crippen molar-refractivity contribution in [1.29, 1.82) is 0 Å². The molecule has 8 nitrogen and oxygen atoms in total. The van der Waals surface area contributed by atoms with Crippen LogP contribution in [0.1, 0.15) is 56.0 Å². The molecular weight excluding hydrogens is 346 g/mol. The summed E-state index contributed by atoms with van der Waals surface area (Å²) in [4.78, 5) is 32.5. The summed E-state index contributed by atoms with van der Waals surface area (Å²) in [5, 5.41) is 7.10. The summed E-state index contributed by atoms with van der Waals surface area (Å²) in [5.74, 6) is 0.667. The standard InChI is InChI=1S/C19H27N5O3/c1-12-4-6-15(7-5-12)23-17(25)10-27-18(26)9-8-16-13(2)22-19-20-11-21-24(19)14(16)3/h11-12,15H,4-10H2,1-3H3,(H,23,25). The fourth-order valence-corrected chi connectivity index (χ4v) is 3.64. The van der Waals surface area contributed by atoms with Crippen molar-refractivity contribution in [3.63, 3.8) is 0 Å². The lowest BCUT2D eigenvalue weighted by Crippen LogP contribution is -2.39. The van der Waals surface area contributed by atoms with Gasteiger partial charge in [-0.25, -0.2) is 9.50 Å². The van der Waals surface area contributed by atoms with Crippen molar-refractivity contribution in [3.05, 3.63) is 23.3 Å². The first kappa shape index (κ1) is 19.3. The molecule has 0 aliphatic heterocycles. The lowest BCUT2D eigenvalue weighted by molar-refractivity contribution is -0.148. The average molecular weight is 373 g/mol. The molecule has 0 atom stereocenters. The van der Waals surface area contributed by atoms with Crippen LogP contribution in [0.2, 0.25) is 0 Å². The first-order chi connectivity index (χ1) is 12.9. The maximum Gasteiger partial charge on any atom is 0.306 e. The predicted molar refractivity (Wildman–Crippen MR) is 99.1 cm³/mol. The highest BCUT2D eigenvalue weighted by Crippen LogP contribution is 2.23. The number of rotatable bonds is 6. The van der Waals surface area contributed by atoms with E-state index in [-0.39, 0.29) is 30.9 Å². The average Bonchev–Trinajstić information content (AvgIpc) is 3.10. The van der Waals surface area contributed by atoms with Crippen LogP contribution in [0.3, 0.4) is 0 Å². The van der Waals surface area contributed by atoms with E-state index in [2.05, 4.69) is 27.3 Å². The molecule has 1 aliphatic carbocycles. The highest BCUT2D eigenvalue weighted by Gasteiger charge is 2.20. The highest BCUT2D eigenvalue weighted by atomic mass is 16.5. The normalized spacial score (nSPS) is 19.8. The van der Waals surface area contributed by atoms with E-state index in [0.717, 1.165) is 48.6 Å². The molecule has 0 saturated heterocycles. The molecule has 0 bridgehead atoms. The number of hydrogen-bond acceptors (Lipinski definition) is 6. The Morgan fingerprint density at radius 1 is 1.26 bits per heavy atom. The number of carbonyl (C=O) groups is 2. The van der Waals surface area contributed by atoms with Crippen molar-refractivity contribution in [2.24, 2.45) is 5.92 Å². The van der Waals surface area contributed by atoms with Crippen molar-refractivity contribution in [3.8, 4) is 0 Å². The van der Waals surface area contributed by atoms with Gasteiger partial charge in [0.15, 0.2) is 6.61 Å². The van der Waals surface area contributed by atoms with Gasteiger partial charge in [-0.1, -0.05) is 6.92 Å². The van der Waals surface area contributed by atoms with E-state index in [0.29, 0.717) is 12.2 Å². The number of nitrogens with one attached hydrogen (secondary N) is 1. The van der Waals surface area contributed by atoms with Gasteiger partial charge in [0.2, 0.25) is 0 Å². The van der Waals surface area contributed by atoms with Gasteiger partial charge >= 0.3 is 5.97 Å². The van der Waals surface area contributed by atoms with Crippen LogP contribution < -0.4 is 5.32 Å². The molecule has 2 heterocycles. The van der Waals surface area contributed by atoms with E-state index < -0.39 is 0 Å². The summed E-state index contributed by atoms with van der Waals surface area (Å²) >= 11 is 0. The summed E-state index contributed by atoms with van der Waals surface area (Å²) in [5.41, 5.74) is 2.68. The lowest BCUT2D eigenvalue weighted by atomic mass is 9.87. The maximum atomic E-state index is 12.0. The molecule has 1 N–H and O–H groups in total. The van der Waals surface area contributed by atoms with E-state index in [1.807, 2.05) is 13.8 Å². The number of aromatic nitrogens is 4. The van der Waals surface area contributed by atoms with E-state index >= 15 is 0 Å². The maximum absolute atomic E-state index is 12.0. The van der Waals surface area contributed by atoms with Crippen molar-refractivity contribution in [2.45, 2.75) is 65.3 Å². The van der Waals surface area contributed by atoms with Crippen molar-refractivity contribution in [2.75, 3.05) is 6.61 Å². The van der Waals surface area contributed by atoms with E-state index in [9.17, 15) is 9.59 Å². The second kappa shape index (κ2) is 8.45. The van der Waals surface area contributed by atoms with Gasteiger partial charge in [-0.05, 0) is 57.4 Å². The number of hydrogen-bond donors (Lipinski definition) is 1. The molecule has 2 aromatic heterocycles. The molecule has 27 heavy (non-hydrogen) atoms. The number of amides is 1. The Morgan fingerprint density at radius 3 is 2.74 bits per heavy atom. The van der Waals surface area contributed by atoms with Gasteiger partial charge in [0.25, 0.3) is 11.7 Å². The molecule has 1 amide bonds. The first-order valence-corrected chi connectivity index (χ1v) is 9.55. The third-order valence-electron chi connectivity index (χ3n) is 5.31. The van der Waals surface area contributed by atoms with Gasteiger partial charge in [0, 0.05) is 23.9 Å². The molecular formula is C19H27N5O3. The summed E-state index contributed by atoms with van der Waals surface area (Å²) in [6.45, 7) is 5.83. The van der Waals surface area contributed by atoms with Gasteiger partial charge in [-0.15, -0.1) is 0 Å². The van der Waals surface area contributed by atoms with Crippen LogP contribution in [0.5, 0.6) is 0 Å². The molecule has 0 spiro atoms. The number of esters is 1. The monoisotopic (exact) mass is 373 g/mol. The molecule has 8 heteroatoms. The van der Waals surface area contributed by atoms with Crippen LogP contribution >= 0.6 is 0 Å². The van der Waals surface area contributed by atoms with E-state index in [1.54, 1.807) is 4.52 Å². The van der Waals surface area contributed by atoms with Crippen molar-refractivity contribution in [1.82, 2.24) is 24.9 Å². The van der Waals surface area contributed by atoms with E-state index in [4.69, 9.17) is 4.74 Å². The Bertz CT molecular complexity index is 824. The lowest BCUT2D eigenvalue weighted by Gasteiger charge is -2.26. The molecule has 1 saturated carbocycles. The van der Waals surface area contributed by atoms with E-state index in [1.165, 1.54) is 6.33 Å². The van der Waals surface area contributed by atoms with Crippen LogP contribution in [0.15, 0.2) is 6.33 Å². The summed E-state index contributed by atoms with van der Waals surface area (Å²) in [7, 11) is 0. The quantitative estimate of drug-likeness (QED) is 0.777. The Morgan fingerprint density at radius 2 is 2.00 bits per heavy atom.